The maximum atomic E-state index is 12.1. The lowest BCUT2D eigenvalue weighted by molar-refractivity contribution is 0.329. The molecule has 0 saturated heterocycles. The van der Waals surface area contributed by atoms with Gasteiger partial charge in [-0.2, -0.15) is 0 Å². The molecular weight excluding hydrogens is 222 g/mol. The third-order valence-corrected chi connectivity index (χ3v) is 5.84. The van der Waals surface area contributed by atoms with Crippen LogP contribution in [-0.4, -0.2) is 31.1 Å². The van der Waals surface area contributed by atoms with E-state index in [0.29, 0.717) is 12.5 Å². The standard InChI is InChI=1S/C12H25NO2S/c1-4-7-11(5-2)10-13(6-3)16(14,15)12-8-9-12/h11-12H,4-10H2,1-3H3. The molecule has 16 heavy (non-hydrogen) atoms. The van der Waals surface area contributed by atoms with E-state index in [4.69, 9.17) is 0 Å². The molecule has 0 aliphatic heterocycles. The van der Waals surface area contributed by atoms with Gasteiger partial charge in [0.2, 0.25) is 10.0 Å². The van der Waals surface area contributed by atoms with Crippen LogP contribution in [0, 0.1) is 5.92 Å². The van der Waals surface area contributed by atoms with Gasteiger partial charge in [0.05, 0.1) is 5.25 Å². The summed E-state index contributed by atoms with van der Waals surface area (Å²) in [4.78, 5) is 0. The molecule has 96 valence electrons. The SMILES string of the molecule is CCCC(CC)CN(CC)S(=O)(=O)C1CC1. The highest BCUT2D eigenvalue weighted by Gasteiger charge is 2.39. The minimum Gasteiger partial charge on any atom is -0.212 e. The van der Waals surface area contributed by atoms with Crippen LogP contribution >= 0.6 is 0 Å². The molecule has 1 atom stereocenters. The predicted octanol–water partition coefficient (Wildman–Crippen LogP) is 2.63. The number of hydrogen-bond donors (Lipinski definition) is 0. The van der Waals surface area contributed by atoms with Gasteiger partial charge in [0.15, 0.2) is 0 Å². The molecule has 0 aromatic carbocycles. The first-order valence-corrected chi connectivity index (χ1v) is 8.05. The van der Waals surface area contributed by atoms with Crippen LogP contribution in [0.1, 0.15) is 52.9 Å². The quantitative estimate of drug-likeness (QED) is 0.661. The molecule has 0 heterocycles. The van der Waals surface area contributed by atoms with Gasteiger partial charge >= 0.3 is 0 Å². The Morgan fingerprint density at radius 2 is 1.88 bits per heavy atom. The van der Waals surface area contributed by atoms with Gasteiger partial charge in [-0.05, 0) is 25.2 Å². The van der Waals surface area contributed by atoms with Gasteiger partial charge in [-0.3, -0.25) is 0 Å². The topological polar surface area (TPSA) is 37.4 Å². The summed E-state index contributed by atoms with van der Waals surface area (Å²) in [5.74, 6) is 0.526. The molecule has 0 radical (unpaired) electrons. The first-order valence-electron chi connectivity index (χ1n) is 6.55. The second-order valence-electron chi connectivity index (χ2n) is 4.76. The number of sulfonamides is 1. The van der Waals surface area contributed by atoms with Crippen molar-refractivity contribution in [3.05, 3.63) is 0 Å². The Bertz CT molecular complexity index is 296. The van der Waals surface area contributed by atoms with Gasteiger partial charge in [-0.1, -0.05) is 33.6 Å². The molecule has 1 aliphatic rings. The second-order valence-corrected chi connectivity index (χ2v) is 6.97. The van der Waals surface area contributed by atoms with Crippen molar-refractivity contribution in [3.63, 3.8) is 0 Å². The Labute approximate surface area is 100 Å². The molecule has 1 aliphatic carbocycles. The van der Waals surface area contributed by atoms with Gasteiger partial charge in [-0.25, -0.2) is 12.7 Å². The lowest BCUT2D eigenvalue weighted by Gasteiger charge is -2.25. The fourth-order valence-corrected chi connectivity index (χ4v) is 4.04. The van der Waals surface area contributed by atoms with Gasteiger partial charge in [0, 0.05) is 13.1 Å². The summed E-state index contributed by atoms with van der Waals surface area (Å²) >= 11 is 0. The summed E-state index contributed by atoms with van der Waals surface area (Å²) in [6, 6.07) is 0. The zero-order chi connectivity index (χ0) is 12.2. The van der Waals surface area contributed by atoms with Gasteiger partial charge in [-0.15, -0.1) is 0 Å². The summed E-state index contributed by atoms with van der Waals surface area (Å²) < 4.78 is 25.9. The Morgan fingerprint density at radius 3 is 2.25 bits per heavy atom. The predicted molar refractivity (Wildman–Crippen MR) is 67.9 cm³/mol. The van der Waals surface area contributed by atoms with Crippen molar-refractivity contribution in [1.29, 1.82) is 0 Å². The molecule has 0 bridgehead atoms. The van der Waals surface area contributed by atoms with Crippen molar-refractivity contribution in [2.45, 2.75) is 58.1 Å². The Balaban J connectivity index is 2.59. The fourth-order valence-electron chi connectivity index (χ4n) is 2.11. The molecule has 1 unspecified atom stereocenters. The minimum absolute atomic E-state index is 0.0633. The molecule has 0 amide bonds. The van der Waals surface area contributed by atoms with E-state index in [0.717, 1.165) is 38.6 Å². The molecule has 1 fully saturated rings. The van der Waals surface area contributed by atoms with E-state index in [-0.39, 0.29) is 5.25 Å². The van der Waals surface area contributed by atoms with Crippen molar-refractivity contribution in [2.24, 2.45) is 5.92 Å². The molecule has 0 aromatic heterocycles. The molecular formula is C12H25NO2S. The van der Waals surface area contributed by atoms with Crippen molar-refractivity contribution < 1.29 is 8.42 Å². The van der Waals surface area contributed by atoms with Crippen LogP contribution in [0.25, 0.3) is 0 Å². The minimum atomic E-state index is -2.97. The van der Waals surface area contributed by atoms with Crippen LogP contribution in [0.15, 0.2) is 0 Å². The van der Waals surface area contributed by atoms with E-state index in [1.165, 1.54) is 0 Å². The Morgan fingerprint density at radius 1 is 1.25 bits per heavy atom. The van der Waals surface area contributed by atoms with Crippen LogP contribution in [0.5, 0.6) is 0 Å². The van der Waals surface area contributed by atoms with E-state index in [1.807, 2.05) is 6.92 Å². The summed E-state index contributed by atoms with van der Waals surface area (Å²) in [7, 11) is -2.97. The molecule has 1 rings (SSSR count). The Kier molecular flexibility index (Phi) is 5.25. The van der Waals surface area contributed by atoms with E-state index < -0.39 is 10.0 Å². The summed E-state index contributed by atoms with van der Waals surface area (Å²) in [6.07, 6.45) is 5.07. The van der Waals surface area contributed by atoms with Crippen LogP contribution in [0.3, 0.4) is 0 Å². The highest BCUT2D eigenvalue weighted by atomic mass is 32.2. The van der Waals surface area contributed by atoms with Crippen LogP contribution < -0.4 is 0 Å². The highest BCUT2D eigenvalue weighted by Crippen LogP contribution is 2.31. The van der Waals surface area contributed by atoms with Crippen LogP contribution in [-0.2, 0) is 10.0 Å². The molecule has 0 spiro atoms. The maximum Gasteiger partial charge on any atom is 0.216 e. The van der Waals surface area contributed by atoms with Crippen molar-refractivity contribution in [2.75, 3.05) is 13.1 Å². The first kappa shape index (κ1) is 14.0. The smallest absolute Gasteiger partial charge is 0.212 e. The largest absolute Gasteiger partial charge is 0.216 e. The van der Waals surface area contributed by atoms with E-state index in [1.54, 1.807) is 4.31 Å². The third kappa shape index (κ3) is 3.45. The Hall–Kier alpha value is -0.0900. The fraction of sp³-hybridized carbons (Fsp3) is 1.00. The molecule has 4 heteroatoms. The third-order valence-electron chi connectivity index (χ3n) is 3.39. The second kappa shape index (κ2) is 6.01. The number of rotatable bonds is 8. The molecule has 0 N–H and O–H groups in total. The average molecular weight is 247 g/mol. The first-order chi connectivity index (χ1) is 7.56. The van der Waals surface area contributed by atoms with Crippen LogP contribution in [0.2, 0.25) is 0 Å². The normalized spacial score (nSPS) is 19.0. The zero-order valence-corrected chi connectivity index (χ0v) is 11.6. The summed E-state index contributed by atoms with van der Waals surface area (Å²) in [5, 5.41) is -0.0633. The van der Waals surface area contributed by atoms with E-state index >= 15 is 0 Å². The highest BCUT2D eigenvalue weighted by molar-refractivity contribution is 7.90. The lowest BCUT2D eigenvalue weighted by Crippen LogP contribution is -2.37. The molecule has 1 saturated carbocycles. The van der Waals surface area contributed by atoms with Gasteiger partial charge in [0.1, 0.15) is 0 Å². The number of nitrogens with zero attached hydrogens (tertiary/aromatic N) is 1. The van der Waals surface area contributed by atoms with Crippen molar-refractivity contribution >= 4 is 10.0 Å². The molecule has 3 nitrogen and oxygen atoms in total. The van der Waals surface area contributed by atoms with Crippen molar-refractivity contribution in [1.82, 2.24) is 4.31 Å². The van der Waals surface area contributed by atoms with Crippen LogP contribution in [0.4, 0.5) is 0 Å². The average Bonchev–Trinajstić information content (AvgIpc) is 3.07. The lowest BCUT2D eigenvalue weighted by atomic mass is 10.0. The zero-order valence-electron chi connectivity index (χ0n) is 10.8. The summed E-state index contributed by atoms with van der Waals surface area (Å²) in [5.41, 5.74) is 0. The maximum absolute atomic E-state index is 12.1. The molecule has 0 aromatic rings. The van der Waals surface area contributed by atoms with E-state index in [9.17, 15) is 8.42 Å². The van der Waals surface area contributed by atoms with Gasteiger partial charge < -0.3 is 0 Å². The monoisotopic (exact) mass is 247 g/mol. The summed E-state index contributed by atoms with van der Waals surface area (Å²) in [6.45, 7) is 7.60. The number of hydrogen-bond acceptors (Lipinski definition) is 2. The van der Waals surface area contributed by atoms with Crippen molar-refractivity contribution in [3.8, 4) is 0 Å². The van der Waals surface area contributed by atoms with E-state index in [2.05, 4.69) is 13.8 Å². The van der Waals surface area contributed by atoms with Gasteiger partial charge in [0.25, 0.3) is 0 Å².